The lowest BCUT2D eigenvalue weighted by Gasteiger charge is -2.19. The summed E-state index contributed by atoms with van der Waals surface area (Å²) in [6.07, 6.45) is -2.69. The lowest BCUT2D eigenvalue weighted by atomic mass is 9.96. The van der Waals surface area contributed by atoms with Crippen molar-refractivity contribution in [3.8, 4) is 0 Å². The van der Waals surface area contributed by atoms with E-state index in [4.69, 9.17) is 0 Å². The van der Waals surface area contributed by atoms with Gasteiger partial charge in [0.1, 0.15) is 6.10 Å². The second-order valence-corrected chi connectivity index (χ2v) is 5.25. The third kappa shape index (κ3) is 4.74. The van der Waals surface area contributed by atoms with E-state index in [1.165, 1.54) is 19.9 Å². The van der Waals surface area contributed by atoms with Crippen molar-refractivity contribution in [3.63, 3.8) is 0 Å². The number of hydrogen-bond donors (Lipinski definition) is 3. The maximum Gasteiger partial charge on any atom is 0.338 e. The number of amides is 1. The number of methoxy groups -OCH3 is 1. The SMILES string of the molecule is COC(=O)c1cc(C(O)C(O)CCNC(C)=O)cc([N+](=O)[O-])c1C. The fourth-order valence-corrected chi connectivity index (χ4v) is 2.18. The van der Waals surface area contributed by atoms with E-state index in [9.17, 15) is 29.9 Å². The Morgan fingerprint density at radius 2 is 2.00 bits per heavy atom. The zero-order valence-corrected chi connectivity index (χ0v) is 13.6. The maximum absolute atomic E-state index is 11.8. The first kappa shape index (κ1) is 19.5. The molecule has 1 amide bonds. The number of aliphatic hydroxyl groups is 2. The van der Waals surface area contributed by atoms with Crippen molar-refractivity contribution in [2.45, 2.75) is 32.5 Å². The number of esters is 1. The number of rotatable bonds is 7. The molecule has 0 fully saturated rings. The predicted molar refractivity (Wildman–Crippen MR) is 83.4 cm³/mol. The monoisotopic (exact) mass is 340 g/mol. The zero-order valence-electron chi connectivity index (χ0n) is 13.6. The zero-order chi connectivity index (χ0) is 18.4. The Bertz CT molecular complexity index is 645. The summed E-state index contributed by atoms with van der Waals surface area (Å²) in [5, 5.41) is 33.8. The van der Waals surface area contributed by atoms with Crippen LogP contribution in [0.2, 0.25) is 0 Å². The van der Waals surface area contributed by atoms with Gasteiger partial charge in [0.15, 0.2) is 0 Å². The topological polar surface area (TPSA) is 139 Å². The number of carbonyl (C=O) groups excluding carboxylic acids is 2. The highest BCUT2D eigenvalue weighted by Crippen LogP contribution is 2.29. The first-order valence-corrected chi connectivity index (χ1v) is 7.16. The molecule has 0 saturated carbocycles. The first-order valence-electron chi connectivity index (χ1n) is 7.16. The summed E-state index contributed by atoms with van der Waals surface area (Å²) in [6.45, 7) is 2.84. The van der Waals surface area contributed by atoms with Crippen LogP contribution in [0.25, 0.3) is 0 Å². The molecule has 24 heavy (non-hydrogen) atoms. The molecule has 9 nitrogen and oxygen atoms in total. The summed E-state index contributed by atoms with van der Waals surface area (Å²) in [6, 6.07) is 2.36. The number of ether oxygens (including phenoxy) is 1. The minimum atomic E-state index is -1.46. The summed E-state index contributed by atoms with van der Waals surface area (Å²) in [7, 11) is 1.14. The van der Waals surface area contributed by atoms with Gasteiger partial charge in [-0.25, -0.2) is 4.79 Å². The van der Waals surface area contributed by atoms with Crippen LogP contribution >= 0.6 is 0 Å². The van der Waals surface area contributed by atoms with Crippen LogP contribution in [0.1, 0.15) is 40.9 Å². The summed E-state index contributed by atoms with van der Waals surface area (Å²) in [4.78, 5) is 33.0. The molecule has 0 aliphatic rings. The van der Waals surface area contributed by atoms with Crippen molar-refractivity contribution in [2.24, 2.45) is 0 Å². The number of aliphatic hydroxyl groups excluding tert-OH is 2. The van der Waals surface area contributed by atoms with Crippen molar-refractivity contribution in [3.05, 3.63) is 38.9 Å². The maximum atomic E-state index is 11.8. The fraction of sp³-hybridized carbons (Fsp3) is 0.467. The molecule has 2 unspecified atom stereocenters. The van der Waals surface area contributed by atoms with E-state index in [0.717, 1.165) is 13.2 Å². The number of benzene rings is 1. The fourth-order valence-electron chi connectivity index (χ4n) is 2.18. The van der Waals surface area contributed by atoms with Crippen LogP contribution < -0.4 is 5.32 Å². The number of nitro benzene ring substituents is 1. The summed E-state index contributed by atoms with van der Waals surface area (Å²) in [5.74, 6) is -1.06. The van der Waals surface area contributed by atoms with Gasteiger partial charge in [-0.3, -0.25) is 14.9 Å². The van der Waals surface area contributed by atoms with Gasteiger partial charge in [-0.1, -0.05) is 0 Å². The molecule has 9 heteroatoms. The minimum Gasteiger partial charge on any atom is -0.465 e. The molecule has 0 aliphatic heterocycles. The first-order chi connectivity index (χ1) is 11.2. The van der Waals surface area contributed by atoms with Crippen molar-refractivity contribution in [1.82, 2.24) is 5.32 Å². The van der Waals surface area contributed by atoms with E-state index in [0.29, 0.717) is 0 Å². The number of carbonyl (C=O) groups is 2. The largest absolute Gasteiger partial charge is 0.465 e. The van der Waals surface area contributed by atoms with Crippen LogP contribution in [0.5, 0.6) is 0 Å². The van der Waals surface area contributed by atoms with Crippen LogP contribution in [0.15, 0.2) is 12.1 Å². The van der Waals surface area contributed by atoms with Gasteiger partial charge < -0.3 is 20.3 Å². The van der Waals surface area contributed by atoms with Gasteiger partial charge in [0.2, 0.25) is 5.91 Å². The van der Waals surface area contributed by atoms with Gasteiger partial charge in [-0.15, -0.1) is 0 Å². The molecule has 0 bridgehead atoms. The van der Waals surface area contributed by atoms with Crippen molar-refractivity contribution < 1.29 is 29.5 Å². The molecule has 0 saturated heterocycles. The standard InChI is InChI=1S/C15H20N2O7/c1-8-11(15(21)24-3)6-10(7-12(8)17(22)23)14(20)13(19)4-5-16-9(2)18/h6-7,13-14,19-20H,4-5H2,1-3H3,(H,16,18). The second kappa shape index (κ2) is 8.37. The predicted octanol–water partition coefficient (Wildman–Crippen LogP) is 0.610. The normalized spacial score (nSPS) is 13.0. The molecule has 0 spiro atoms. The van der Waals surface area contributed by atoms with Crippen LogP contribution in [-0.2, 0) is 9.53 Å². The third-order valence-electron chi connectivity index (χ3n) is 3.52. The summed E-state index contributed by atoms with van der Waals surface area (Å²) < 4.78 is 4.59. The van der Waals surface area contributed by atoms with Crippen LogP contribution in [-0.4, -0.2) is 46.8 Å². The Morgan fingerprint density at radius 3 is 2.50 bits per heavy atom. The third-order valence-corrected chi connectivity index (χ3v) is 3.52. The van der Waals surface area contributed by atoms with E-state index in [-0.39, 0.29) is 41.3 Å². The molecule has 3 N–H and O–H groups in total. The molecule has 0 aliphatic carbocycles. The molecule has 0 radical (unpaired) electrons. The van der Waals surface area contributed by atoms with Gasteiger partial charge >= 0.3 is 5.97 Å². The molecule has 1 aromatic carbocycles. The number of hydrogen-bond acceptors (Lipinski definition) is 7. The van der Waals surface area contributed by atoms with Crippen molar-refractivity contribution >= 4 is 17.6 Å². The van der Waals surface area contributed by atoms with Crippen molar-refractivity contribution in [1.29, 1.82) is 0 Å². The van der Waals surface area contributed by atoms with Gasteiger partial charge in [-0.05, 0) is 25.0 Å². The number of nitrogens with one attached hydrogen (secondary N) is 1. The second-order valence-electron chi connectivity index (χ2n) is 5.25. The molecule has 1 rings (SSSR count). The van der Waals surface area contributed by atoms with E-state index < -0.39 is 23.1 Å². The van der Waals surface area contributed by atoms with E-state index >= 15 is 0 Å². The van der Waals surface area contributed by atoms with E-state index in [2.05, 4.69) is 10.1 Å². The van der Waals surface area contributed by atoms with Crippen molar-refractivity contribution in [2.75, 3.05) is 13.7 Å². The van der Waals surface area contributed by atoms with Gasteiger partial charge in [0, 0.05) is 25.1 Å². The Morgan fingerprint density at radius 1 is 1.38 bits per heavy atom. The average Bonchev–Trinajstić information content (AvgIpc) is 2.52. The van der Waals surface area contributed by atoms with Crippen LogP contribution in [0.3, 0.4) is 0 Å². The highest BCUT2D eigenvalue weighted by atomic mass is 16.6. The van der Waals surface area contributed by atoms with Gasteiger partial charge in [-0.2, -0.15) is 0 Å². The summed E-state index contributed by atoms with van der Waals surface area (Å²) >= 11 is 0. The molecule has 0 heterocycles. The Balaban J connectivity index is 3.13. The van der Waals surface area contributed by atoms with Gasteiger partial charge in [0.25, 0.3) is 5.69 Å². The average molecular weight is 340 g/mol. The molecule has 132 valence electrons. The van der Waals surface area contributed by atoms with Crippen LogP contribution in [0.4, 0.5) is 5.69 Å². The van der Waals surface area contributed by atoms with Crippen LogP contribution in [0, 0.1) is 17.0 Å². The molecule has 2 atom stereocenters. The summed E-state index contributed by atoms with van der Waals surface area (Å²) in [5.41, 5.74) is -0.297. The molecule has 0 aromatic heterocycles. The number of nitrogens with zero attached hydrogens (tertiary/aromatic N) is 1. The van der Waals surface area contributed by atoms with Gasteiger partial charge in [0.05, 0.1) is 23.7 Å². The Labute approximate surface area is 138 Å². The molecular formula is C15H20N2O7. The molecule has 1 aromatic rings. The van der Waals surface area contributed by atoms with E-state index in [1.807, 2.05) is 0 Å². The lowest BCUT2D eigenvalue weighted by molar-refractivity contribution is -0.385. The Hall–Kier alpha value is -2.52. The smallest absolute Gasteiger partial charge is 0.338 e. The highest BCUT2D eigenvalue weighted by Gasteiger charge is 2.26. The Kier molecular flexibility index (Phi) is 6.81. The molecular weight excluding hydrogens is 320 g/mol. The number of nitro groups is 1. The minimum absolute atomic E-state index is 0.0167. The lowest BCUT2D eigenvalue weighted by Crippen LogP contribution is -2.27. The quantitative estimate of drug-likeness (QED) is 0.375. The van der Waals surface area contributed by atoms with E-state index in [1.54, 1.807) is 0 Å². The highest BCUT2D eigenvalue weighted by molar-refractivity contribution is 5.92.